The Morgan fingerprint density at radius 2 is 2.14 bits per heavy atom. The van der Waals surface area contributed by atoms with Crippen LogP contribution < -0.4 is 5.69 Å². The molecule has 0 bridgehead atoms. The number of hydrogen-bond donors (Lipinski definition) is 1. The number of H-pyrrole nitrogens is 1. The predicted octanol–water partition coefficient (Wildman–Crippen LogP) is 0.436. The molecule has 0 saturated heterocycles. The lowest BCUT2D eigenvalue weighted by molar-refractivity contribution is -0.145. The van der Waals surface area contributed by atoms with Crippen LogP contribution in [0, 0.1) is 0 Å². The number of alkyl halides is 3. The van der Waals surface area contributed by atoms with E-state index in [1.165, 1.54) is 12.3 Å². The molecule has 1 N–H and O–H groups in total. The normalized spacial score (nSPS) is 12.2. The molecule has 2 heterocycles. The third-order valence-electron chi connectivity index (χ3n) is 1.54. The van der Waals surface area contributed by atoms with Crippen LogP contribution in [0.2, 0.25) is 0 Å². The van der Waals surface area contributed by atoms with Gasteiger partial charge in [-0.05, 0) is 0 Å². The Hall–Kier alpha value is -1.86. The zero-order chi connectivity index (χ0) is 10.3. The van der Waals surface area contributed by atoms with Crippen molar-refractivity contribution >= 4 is 5.65 Å². The molecule has 0 spiro atoms. The molecule has 0 fully saturated rings. The molecule has 0 radical (unpaired) electrons. The zero-order valence-electron chi connectivity index (χ0n) is 6.54. The van der Waals surface area contributed by atoms with Crippen molar-refractivity contribution in [3.63, 3.8) is 0 Å². The van der Waals surface area contributed by atoms with Gasteiger partial charge >= 0.3 is 11.9 Å². The third kappa shape index (κ3) is 1.24. The summed E-state index contributed by atoms with van der Waals surface area (Å²) in [5, 5.41) is 3.48. The Morgan fingerprint density at radius 1 is 1.43 bits per heavy atom. The van der Waals surface area contributed by atoms with Gasteiger partial charge in [0.15, 0.2) is 5.65 Å². The fourth-order valence-electron chi connectivity index (χ4n) is 0.969. The molecular weight excluding hydrogens is 201 g/mol. The molecule has 74 valence electrons. The van der Waals surface area contributed by atoms with Crippen molar-refractivity contribution in [3.05, 3.63) is 28.6 Å². The highest BCUT2D eigenvalue weighted by Crippen LogP contribution is 2.24. The van der Waals surface area contributed by atoms with Crippen LogP contribution in [0.5, 0.6) is 0 Å². The average Bonchev–Trinajstić information content (AvgIpc) is 2.50. The second kappa shape index (κ2) is 2.56. The van der Waals surface area contributed by atoms with Crippen molar-refractivity contribution < 1.29 is 13.2 Å². The molecule has 0 amide bonds. The highest BCUT2D eigenvalue weighted by atomic mass is 19.4. The summed E-state index contributed by atoms with van der Waals surface area (Å²) >= 11 is 0. The molecule has 0 aliphatic carbocycles. The van der Waals surface area contributed by atoms with Gasteiger partial charge in [0.05, 0.1) is 6.20 Å². The van der Waals surface area contributed by atoms with Gasteiger partial charge in [0, 0.05) is 6.07 Å². The third-order valence-corrected chi connectivity index (χ3v) is 1.54. The van der Waals surface area contributed by atoms with Crippen LogP contribution in [0.1, 0.15) is 5.82 Å². The summed E-state index contributed by atoms with van der Waals surface area (Å²) in [6, 6.07) is 1.21. The van der Waals surface area contributed by atoms with Crippen LogP contribution >= 0.6 is 0 Å². The minimum Gasteiger partial charge on any atom is -0.286 e. The van der Waals surface area contributed by atoms with E-state index in [1.807, 2.05) is 0 Å². The van der Waals surface area contributed by atoms with E-state index in [-0.39, 0.29) is 5.65 Å². The number of aromatic nitrogens is 4. The van der Waals surface area contributed by atoms with E-state index in [0.717, 1.165) is 4.52 Å². The number of halogens is 3. The Bertz CT molecular complexity index is 526. The maximum Gasteiger partial charge on any atom is 0.449 e. The first kappa shape index (κ1) is 8.73. The van der Waals surface area contributed by atoms with Crippen molar-refractivity contribution in [2.45, 2.75) is 6.18 Å². The van der Waals surface area contributed by atoms with Gasteiger partial charge in [0.25, 0.3) is 0 Å². The van der Waals surface area contributed by atoms with Crippen molar-refractivity contribution in [2.75, 3.05) is 0 Å². The number of nitrogens with zero attached hydrogens (tertiary/aromatic N) is 3. The molecule has 2 rings (SSSR count). The monoisotopic (exact) mass is 204 g/mol. The number of fused-ring (bicyclic) bond motifs is 1. The van der Waals surface area contributed by atoms with Gasteiger partial charge in [-0.1, -0.05) is 0 Å². The van der Waals surface area contributed by atoms with Gasteiger partial charge in [-0.25, -0.2) is 9.78 Å². The van der Waals surface area contributed by atoms with Crippen molar-refractivity contribution in [1.29, 1.82) is 0 Å². The minimum atomic E-state index is -4.66. The molecule has 0 aliphatic heterocycles. The Labute approximate surface area is 74.2 Å². The second-order valence-electron chi connectivity index (χ2n) is 2.49. The van der Waals surface area contributed by atoms with E-state index in [2.05, 4.69) is 10.1 Å². The molecule has 2 aromatic heterocycles. The number of aromatic amines is 1. The standard InChI is InChI=1S/C6H3F3N4O/c7-6(8,9)4-11-3-1-2-10-13(3)5(14)12-4/h1-2H,(H,11,12,14). The molecule has 0 atom stereocenters. The first-order chi connectivity index (χ1) is 6.48. The van der Waals surface area contributed by atoms with Crippen LogP contribution in [0.15, 0.2) is 17.1 Å². The van der Waals surface area contributed by atoms with Crippen molar-refractivity contribution in [2.24, 2.45) is 0 Å². The van der Waals surface area contributed by atoms with Crippen LogP contribution in [-0.2, 0) is 6.18 Å². The quantitative estimate of drug-likeness (QED) is 0.677. The van der Waals surface area contributed by atoms with Gasteiger partial charge in [-0.2, -0.15) is 22.8 Å². The summed E-state index contributed by atoms with van der Waals surface area (Å²) in [6.45, 7) is 0. The maximum absolute atomic E-state index is 12.1. The zero-order valence-corrected chi connectivity index (χ0v) is 6.54. The molecule has 2 aromatic rings. The fraction of sp³-hybridized carbons (Fsp3) is 0.167. The maximum atomic E-state index is 12.1. The van der Waals surface area contributed by atoms with Gasteiger partial charge < -0.3 is 0 Å². The number of rotatable bonds is 0. The van der Waals surface area contributed by atoms with Crippen LogP contribution in [0.3, 0.4) is 0 Å². The molecule has 0 saturated carbocycles. The summed E-state index contributed by atoms with van der Waals surface area (Å²) in [5.41, 5.74) is -1.10. The lowest BCUT2D eigenvalue weighted by Crippen LogP contribution is -2.24. The van der Waals surface area contributed by atoms with Crippen molar-refractivity contribution in [1.82, 2.24) is 19.6 Å². The molecule has 8 heteroatoms. The lowest BCUT2D eigenvalue weighted by Gasteiger charge is -2.04. The van der Waals surface area contributed by atoms with E-state index < -0.39 is 17.7 Å². The Kier molecular flexibility index (Phi) is 1.60. The van der Waals surface area contributed by atoms with Gasteiger partial charge in [0.2, 0.25) is 5.82 Å². The van der Waals surface area contributed by atoms with E-state index in [0.29, 0.717) is 0 Å². The second-order valence-corrected chi connectivity index (χ2v) is 2.49. The number of nitrogens with one attached hydrogen (secondary N) is 1. The molecule has 0 unspecified atom stereocenters. The highest BCUT2D eigenvalue weighted by molar-refractivity contribution is 5.34. The predicted molar refractivity (Wildman–Crippen MR) is 38.6 cm³/mol. The summed E-state index contributed by atoms with van der Waals surface area (Å²) in [6.07, 6.45) is -3.47. The molecule has 0 aliphatic rings. The van der Waals surface area contributed by atoms with Crippen LogP contribution in [-0.4, -0.2) is 19.6 Å². The Balaban J connectivity index is 2.77. The van der Waals surface area contributed by atoms with E-state index >= 15 is 0 Å². The number of hydrogen-bond acceptors (Lipinski definition) is 3. The van der Waals surface area contributed by atoms with E-state index in [1.54, 1.807) is 4.98 Å². The minimum absolute atomic E-state index is 0.138. The van der Waals surface area contributed by atoms with Gasteiger partial charge in [-0.3, -0.25) is 4.98 Å². The average molecular weight is 204 g/mol. The Morgan fingerprint density at radius 3 is 2.79 bits per heavy atom. The lowest BCUT2D eigenvalue weighted by atomic mass is 10.5. The van der Waals surface area contributed by atoms with Gasteiger partial charge in [0.1, 0.15) is 0 Å². The molecular formula is C6H3F3N4O. The first-order valence-corrected chi connectivity index (χ1v) is 3.50. The molecule has 5 nitrogen and oxygen atoms in total. The fourth-order valence-corrected chi connectivity index (χ4v) is 0.969. The molecule has 0 aromatic carbocycles. The first-order valence-electron chi connectivity index (χ1n) is 3.50. The molecule has 14 heavy (non-hydrogen) atoms. The van der Waals surface area contributed by atoms with E-state index in [9.17, 15) is 18.0 Å². The SMILES string of the molecule is O=c1[nH]c(C(F)(F)F)nc2ccnn12. The topological polar surface area (TPSA) is 63.0 Å². The van der Waals surface area contributed by atoms with Crippen LogP contribution in [0.4, 0.5) is 13.2 Å². The summed E-state index contributed by atoms with van der Waals surface area (Å²) in [5.74, 6) is -1.32. The van der Waals surface area contributed by atoms with E-state index in [4.69, 9.17) is 0 Å². The summed E-state index contributed by atoms with van der Waals surface area (Å²) < 4.78 is 37.2. The van der Waals surface area contributed by atoms with Crippen LogP contribution in [0.25, 0.3) is 5.65 Å². The van der Waals surface area contributed by atoms with Crippen molar-refractivity contribution in [3.8, 4) is 0 Å². The highest BCUT2D eigenvalue weighted by Gasteiger charge is 2.34. The van der Waals surface area contributed by atoms with Gasteiger partial charge in [-0.15, -0.1) is 0 Å². The largest absolute Gasteiger partial charge is 0.449 e. The summed E-state index contributed by atoms with van der Waals surface area (Å²) in [4.78, 5) is 15.8. The smallest absolute Gasteiger partial charge is 0.286 e. The summed E-state index contributed by atoms with van der Waals surface area (Å²) in [7, 11) is 0.